The summed E-state index contributed by atoms with van der Waals surface area (Å²) in [5, 5.41) is 27.7. The number of aromatic nitrogens is 1. The van der Waals surface area contributed by atoms with Gasteiger partial charge in [0.1, 0.15) is 6.54 Å². The number of hydrogen-bond donors (Lipinski definition) is 3. The van der Waals surface area contributed by atoms with Gasteiger partial charge < -0.3 is 35.2 Å². The number of amides is 2. The van der Waals surface area contributed by atoms with Crippen molar-refractivity contribution in [3.8, 4) is 11.1 Å². The Hall–Kier alpha value is -4.42. The monoisotopic (exact) mass is 657 g/mol. The lowest BCUT2D eigenvalue weighted by atomic mass is 9.91. The van der Waals surface area contributed by atoms with Crippen LogP contribution in [0.4, 0.5) is 4.79 Å². The second-order valence-corrected chi connectivity index (χ2v) is 12.2. The van der Waals surface area contributed by atoms with Gasteiger partial charge in [-0.1, -0.05) is 91.5 Å². The summed E-state index contributed by atoms with van der Waals surface area (Å²) in [6.07, 6.45) is 0.344. The summed E-state index contributed by atoms with van der Waals surface area (Å²) >= 11 is 1.45. The quantitative estimate of drug-likeness (QED) is 0.0796. The standard InChI is InChI=1S/C36H39N3O7S/c1-3-44-33(41)21-38-36(42)37-20-29-8-4-5-9-30(29)26-15-17-28(18-16-26)35-45-31(23-47-32-10-6-7-19-39(32)43)24(2)34(46-35)27-13-11-25(22-40)12-14-27/h4-19,24,31,34-35,40H,3,20-23H2,1-2H3,(H2,37,38,42)/t24-,31+,34+,35+/m0/s1. The van der Waals surface area contributed by atoms with Gasteiger partial charge in [-0.3, -0.25) is 4.79 Å². The molecule has 1 saturated heterocycles. The van der Waals surface area contributed by atoms with E-state index in [2.05, 4.69) is 17.6 Å². The summed E-state index contributed by atoms with van der Waals surface area (Å²) in [6, 6.07) is 28.4. The summed E-state index contributed by atoms with van der Waals surface area (Å²) in [5.41, 5.74) is 5.47. The van der Waals surface area contributed by atoms with Crippen molar-refractivity contribution in [1.29, 1.82) is 0 Å². The summed E-state index contributed by atoms with van der Waals surface area (Å²) < 4.78 is 18.8. The summed E-state index contributed by atoms with van der Waals surface area (Å²) in [5.74, 6) is 0.0478. The summed E-state index contributed by atoms with van der Waals surface area (Å²) in [6.45, 7) is 4.08. The molecule has 11 heteroatoms. The van der Waals surface area contributed by atoms with E-state index in [4.69, 9.17) is 14.2 Å². The SMILES string of the molecule is CCOC(=O)CNC(=O)NCc1ccccc1-c1ccc([C@@H]2O[C@H](CSc3cccc[n+]3[O-])[C@H](C)[C@H](c3ccc(CO)cc3)O2)cc1. The van der Waals surface area contributed by atoms with Gasteiger partial charge >= 0.3 is 12.0 Å². The molecular weight excluding hydrogens is 618 g/mol. The molecule has 0 spiro atoms. The van der Waals surface area contributed by atoms with Crippen molar-refractivity contribution in [2.75, 3.05) is 18.9 Å². The summed E-state index contributed by atoms with van der Waals surface area (Å²) in [4.78, 5) is 23.8. The van der Waals surface area contributed by atoms with Gasteiger partial charge in [-0.05, 0) is 40.8 Å². The molecule has 0 bridgehead atoms. The van der Waals surface area contributed by atoms with Gasteiger partial charge in [0.25, 0.3) is 5.03 Å². The van der Waals surface area contributed by atoms with Crippen molar-refractivity contribution >= 4 is 23.8 Å². The fourth-order valence-electron chi connectivity index (χ4n) is 5.38. The average Bonchev–Trinajstić information content (AvgIpc) is 3.10. The molecule has 3 N–H and O–H groups in total. The minimum atomic E-state index is -0.650. The van der Waals surface area contributed by atoms with E-state index >= 15 is 0 Å². The third-order valence-electron chi connectivity index (χ3n) is 7.96. The fourth-order valence-corrected chi connectivity index (χ4v) is 6.46. The molecule has 1 aliphatic rings. The first-order chi connectivity index (χ1) is 22.9. The largest absolute Gasteiger partial charge is 0.618 e. The van der Waals surface area contributed by atoms with E-state index in [-0.39, 0.29) is 44.4 Å². The number of benzene rings is 3. The Morgan fingerprint density at radius 2 is 1.66 bits per heavy atom. The minimum Gasteiger partial charge on any atom is -0.618 e. The van der Waals surface area contributed by atoms with Crippen molar-refractivity contribution in [1.82, 2.24) is 10.6 Å². The molecule has 47 heavy (non-hydrogen) atoms. The Bertz CT molecular complexity index is 1630. The molecule has 246 valence electrons. The first-order valence-electron chi connectivity index (χ1n) is 15.5. The topological polar surface area (TPSA) is 133 Å². The zero-order valence-corrected chi connectivity index (χ0v) is 27.2. The molecule has 0 aliphatic carbocycles. The van der Waals surface area contributed by atoms with Crippen molar-refractivity contribution < 1.29 is 33.6 Å². The van der Waals surface area contributed by atoms with Gasteiger partial charge in [0.05, 0.1) is 25.4 Å². The zero-order valence-electron chi connectivity index (χ0n) is 26.3. The van der Waals surface area contributed by atoms with E-state index in [0.717, 1.165) is 38.1 Å². The Morgan fingerprint density at radius 3 is 2.38 bits per heavy atom. The molecule has 1 aliphatic heterocycles. The second-order valence-electron chi connectivity index (χ2n) is 11.1. The molecule has 10 nitrogen and oxygen atoms in total. The molecule has 3 aromatic carbocycles. The van der Waals surface area contributed by atoms with Crippen LogP contribution >= 0.6 is 11.8 Å². The molecule has 4 aromatic rings. The van der Waals surface area contributed by atoms with Gasteiger partial charge in [0.15, 0.2) is 12.5 Å². The summed E-state index contributed by atoms with van der Waals surface area (Å²) in [7, 11) is 0. The normalized spacial score (nSPS) is 19.1. The van der Waals surface area contributed by atoms with Crippen LogP contribution in [0.15, 0.2) is 102 Å². The number of ether oxygens (including phenoxy) is 3. The van der Waals surface area contributed by atoms with Gasteiger partial charge in [0.2, 0.25) is 0 Å². The smallest absolute Gasteiger partial charge is 0.325 e. The van der Waals surface area contributed by atoms with E-state index in [1.54, 1.807) is 19.1 Å². The number of esters is 1. The van der Waals surface area contributed by atoms with Crippen LogP contribution in [0.1, 0.15) is 48.5 Å². The number of thioether (sulfide) groups is 1. The van der Waals surface area contributed by atoms with Crippen LogP contribution in [0.2, 0.25) is 0 Å². The van der Waals surface area contributed by atoms with Gasteiger partial charge in [-0.25, -0.2) is 4.79 Å². The number of nitrogens with zero attached hydrogens (tertiary/aromatic N) is 1. The number of aliphatic hydroxyl groups is 1. The number of nitrogens with one attached hydrogen (secondary N) is 2. The average molecular weight is 658 g/mol. The molecule has 1 fully saturated rings. The second kappa shape index (κ2) is 16.4. The Kier molecular flexibility index (Phi) is 11.9. The van der Waals surface area contributed by atoms with E-state index in [0.29, 0.717) is 10.8 Å². The number of aliphatic hydroxyl groups excluding tert-OH is 1. The molecule has 0 saturated carbocycles. The molecule has 5 rings (SSSR count). The highest BCUT2D eigenvalue weighted by atomic mass is 32.2. The van der Waals surface area contributed by atoms with E-state index in [1.807, 2.05) is 78.9 Å². The molecule has 1 aromatic heterocycles. The van der Waals surface area contributed by atoms with Crippen molar-refractivity contribution in [2.45, 2.75) is 50.5 Å². The molecular formula is C36H39N3O7S. The van der Waals surface area contributed by atoms with E-state index in [9.17, 15) is 19.9 Å². The van der Waals surface area contributed by atoms with E-state index < -0.39 is 18.3 Å². The first-order valence-corrected chi connectivity index (χ1v) is 16.5. The molecule has 0 unspecified atom stereocenters. The number of pyridine rings is 1. The molecule has 0 radical (unpaired) electrons. The number of rotatable bonds is 12. The predicted octanol–water partition coefficient (Wildman–Crippen LogP) is 5.43. The number of carbonyl (C=O) groups is 2. The van der Waals surface area contributed by atoms with E-state index in [1.165, 1.54) is 18.0 Å². The van der Waals surface area contributed by atoms with Crippen LogP contribution in [-0.4, -0.2) is 42.1 Å². The van der Waals surface area contributed by atoms with Gasteiger partial charge in [-0.2, -0.15) is 4.73 Å². The Labute approximate surface area is 278 Å². The van der Waals surface area contributed by atoms with Crippen molar-refractivity contribution in [3.63, 3.8) is 0 Å². The third-order valence-corrected chi connectivity index (χ3v) is 9.06. The third kappa shape index (κ3) is 8.89. The highest BCUT2D eigenvalue weighted by molar-refractivity contribution is 7.99. The Balaban J connectivity index is 1.32. The first kappa shape index (κ1) is 33.9. The molecule has 4 atom stereocenters. The number of carbonyl (C=O) groups excluding carboxylic acids is 2. The molecule has 2 amide bonds. The number of urea groups is 1. The van der Waals surface area contributed by atoms with Crippen molar-refractivity contribution in [3.05, 3.63) is 125 Å². The lowest BCUT2D eigenvalue weighted by Crippen LogP contribution is -2.39. The highest BCUT2D eigenvalue weighted by Crippen LogP contribution is 2.43. The minimum absolute atomic E-state index is 0.0179. The Morgan fingerprint density at radius 1 is 0.936 bits per heavy atom. The maximum Gasteiger partial charge on any atom is 0.325 e. The highest BCUT2D eigenvalue weighted by Gasteiger charge is 2.38. The van der Waals surface area contributed by atoms with Crippen molar-refractivity contribution in [2.24, 2.45) is 5.92 Å². The lowest BCUT2D eigenvalue weighted by Gasteiger charge is -2.41. The predicted molar refractivity (Wildman–Crippen MR) is 178 cm³/mol. The zero-order chi connectivity index (χ0) is 33.2. The maximum absolute atomic E-state index is 12.3. The fraction of sp³-hybridized carbons (Fsp3) is 0.306. The van der Waals surface area contributed by atoms with Crippen LogP contribution < -0.4 is 15.4 Å². The number of hydrogen-bond acceptors (Lipinski definition) is 8. The van der Waals surface area contributed by atoms with Gasteiger partial charge in [0, 0.05) is 35.9 Å². The van der Waals surface area contributed by atoms with Crippen LogP contribution in [-0.2, 0) is 32.2 Å². The van der Waals surface area contributed by atoms with Crippen LogP contribution in [0, 0.1) is 11.1 Å². The lowest BCUT2D eigenvalue weighted by molar-refractivity contribution is -0.645. The van der Waals surface area contributed by atoms with Crippen LogP contribution in [0.25, 0.3) is 11.1 Å². The maximum atomic E-state index is 12.3. The van der Waals surface area contributed by atoms with Gasteiger partial charge in [-0.15, -0.1) is 0 Å². The van der Waals surface area contributed by atoms with Crippen LogP contribution in [0.5, 0.6) is 0 Å². The van der Waals surface area contributed by atoms with Crippen LogP contribution in [0.3, 0.4) is 0 Å². The molecule has 2 heterocycles.